The third-order valence-corrected chi connectivity index (χ3v) is 4.48. The van der Waals surface area contributed by atoms with E-state index in [4.69, 9.17) is 0 Å². The van der Waals surface area contributed by atoms with E-state index >= 15 is 0 Å². The summed E-state index contributed by atoms with van der Waals surface area (Å²) in [5.41, 5.74) is 0.815. The molecule has 4 heteroatoms. The third-order valence-electron chi connectivity index (χ3n) is 3.76. The van der Waals surface area contributed by atoms with E-state index in [0.717, 1.165) is 37.8 Å². The van der Waals surface area contributed by atoms with Gasteiger partial charge in [-0.2, -0.15) is 0 Å². The van der Waals surface area contributed by atoms with Crippen LogP contribution in [0.5, 0.6) is 0 Å². The summed E-state index contributed by atoms with van der Waals surface area (Å²) in [4.78, 5) is 16.8. The fraction of sp³-hybridized carbons (Fsp3) is 0.500. The Labute approximate surface area is 121 Å². The quantitative estimate of drug-likeness (QED) is 0.759. The molecule has 1 saturated heterocycles. The van der Waals surface area contributed by atoms with Crippen molar-refractivity contribution >= 4 is 28.5 Å². The molecule has 3 rings (SSSR count). The molecule has 0 N–H and O–H groups in total. The van der Waals surface area contributed by atoms with E-state index in [1.54, 1.807) is 0 Å². The van der Waals surface area contributed by atoms with Crippen LogP contribution >= 0.6 is 22.6 Å². The molecular formula is C14H17IN2O. The number of nitrogens with zero attached hydrogens (tertiary/aromatic N) is 2. The number of halogens is 1. The van der Waals surface area contributed by atoms with Crippen molar-refractivity contribution in [2.45, 2.75) is 18.9 Å². The van der Waals surface area contributed by atoms with Crippen LogP contribution in [-0.4, -0.2) is 47.9 Å². The van der Waals surface area contributed by atoms with Gasteiger partial charge in [-0.1, -0.05) is 0 Å². The Kier molecular flexibility index (Phi) is 3.56. The second-order valence-corrected chi connectivity index (χ2v) is 6.31. The van der Waals surface area contributed by atoms with Crippen molar-refractivity contribution in [3.8, 4) is 0 Å². The summed E-state index contributed by atoms with van der Waals surface area (Å²) >= 11 is 2.26. The van der Waals surface area contributed by atoms with Crippen LogP contribution in [0.15, 0.2) is 24.3 Å². The summed E-state index contributed by atoms with van der Waals surface area (Å²) in [5.74, 6) is 0.182. The SMILES string of the molecule is O=C(c1ccc(I)cc1)N1CCN(C2CC2)CC1. The standard InChI is InChI=1S/C14H17IN2O/c15-12-3-1-11(2-4-12)14(18)17-9-7-16(8-10-17)13-5-6-13/h1-4,13H,5-10H2. The zero-order valence-corrected chi connectivity index (χ0v) is 12.5. The molecular weight excluding hydrogens is 339 g/mol. The normalized spacial score (nSPS) is 21.1. The molecule has 1 amide bonds. The Balaban J connectivity index is 1.61. The summed E-state index contributed by atoms with van der Waals surface area (Å²) < 4.78 is 1.17. The van der Waals surface area contributed by atoms with Crippen molar-refractivity contribution in [1.29, 1.82) is 0 Å². The molecule has 0 spiro atoms. The highest BCUT2D eigenvalue weighted by atomic mass is 127. The minimum Gasteiger partial charge on any atom is -0.336 e. The summed E-state index contributed by atoms with van der Waals surface area (Å²) in [7, 11) is 0. The summed E-state index contributed by atoms with van der Waals surface area (Å²) in [6, 6.07) is 8.66. The third kappa shape index (κ3) is 2.69. The van der Waals surface area contributed by atoms with Gasteiger partial charge in [-0.3, -0.25) is 9.69 Å². The Morgan fingerprint density at radius 1 is 1.06 bits per heavy atom. The van der Waals surface area contributed by atoms with E-state index in [9.17, 15) is 4.79 Å². The molecule has 18 heavy (non-hydrogen) atoms. The topological polar surface area (TPSA) is 23.6 Å². The van der Waals surface area contributed by atoms with Crippen molar-refractivity contribution in [1.82, 2.24) is 9.80 Å². The lowest BCUT2D eigenvalue weighted by Gasteiger charge is -2.34. The molecule has 1 aromatic rings. The van der Waals surface area contributed by atoms with Gasteiger partial charge in [-0.15, -0.1) is 0 Å². The summed E-state index contributed by atoms with van der Waals surface area (Å²) in [6.45, 7) is 3.84. The van der Waals surface area contributed by atoms with Gasteiger partial charge in [0.25, 0.3) is 5.91 Å². The van der Waals surface area contributed by atoms with Crippen molar-refractivity contribution in [2.75, 3.05) is 26.2 Å². The van der Waals surface area contributed by atoms with Gasteiger partial charge in [0.1, 0.15) is 0 Å². The highest BCUT2D eigenvalue weighted by Crippen LogP contribution is 2.27. The maximum Gasteiger partial charge on any atom is 0.253 e. The lowest BCUT2D eigenvalue weighted by Crippen LogP contribution is -2.49. The molecule has 0 aromatic heterocycles. The molecule has 1 aliphatic carbocycles. The van der Waals surface area contributed by atoms with Crippen LogP contribution in [-0.2, 0) is 0 Å². The van der Waals surface area contributed by atoms with Gasteiger partial charge in [0.05, 0.1) is 0 Å². The zero-order valence-electron chi connectivity index (χ0n) is 10.3. The average molecular weight is 356 g/mol. The van der Waals surface area contributed by atoms with Crippen LogP contribution in [0.4, 0.5) is 0 Å². The average Bonchev–Trinajstić information content (AvgIpc) is 3.23. The molecule has 1 aliphatic heterocycles. The van der Waals surface area contributed by atoms with Gasteiger partial charge in [-0.25, -0.2) is 0 Å². The first kappa shape index (κ1) is 12.4. The van der Waals surface area contributed by atoms with Gasteiger partial charge < -0.3 is 4.90 Å². The van der Waals surface area contributed by atoms with E-state index in [1.165, 1.54) is 16.4 Å². The van der Waals surface area contributed by atoms with Crippen molar-refractivity contribution in [2.24, 2.45) is 0 Å². The molecule has 1 saturated carbocycles. The van der Waals surface area contributed by atoms with Gasteiger partial charge in [-0.05, 0) is 59.7 Å². The van der Waals surface area contributed by atoms with E-state index < -0.39 is 0 Å². The number of benzene rings is 1. The Morgan fingerprint density at radius 2 is 1.67 bits per heavy atom. The number of piperazine rings is 1. The molecule has 1 heterocycles. The number of amides is 1. The van der Waals surface area contributed by atoms with Crippen LogP contribution in [0.25, 0.3) is 0 Å². The number of hydrogen-bond acceptors (Lipinski definition) is 2. The first-order valence-electron chi connectivity index (χ1n) is 6.53. The van der Waals surface area contributed by atoms with E-state index in [-0.39, 0.29) is 5.91 Å². The molecule has 2 aliphatic rings. The molecule has 0 unspecified atom stereocenters. The second-order valence-electron chi connectivity index (χ2n) is 5.07. The minimum atomic E-state index is 0.182. The fourth-order valence-corrected chi connectivity index (χ4v) is 2.86. The maximum absolute atomic E-state index is 12.3. The Hall–Kier alpha value is -0.620. The highest BCUT2D eigenvalue weighted by molar-refractivity contribution is 14.1. The van der Waals surface area contributed by atoms with Gasteiger partial charge in [0, 0.05) is 41.4 Å². The first-order chi connectivity index (χ1) is 8.74. The van der Waals surface area contributed by atoms with Gasteiger partial charge in [0.15, 0.2) is 0 Å². The molecule has 2 fully saturated rings. The number of carbonyl (C=O) groups is 1. The number of hydrogen-bond donors (Lipinski definition) is 0. The lowest BCUT2D eigenvalue weighted by atomic mass is 10.2. The first-order valence-corrected chi connectivity index (χ1v) is 7.61. The largest absolute Gasteiger partial charge is 0.336 e. The summed E-state index contributed by atoms with van der Waals surface area (Å²) in [6.07, 6.45) is 2.70. The predicted octanol–water partition coefficient (Wildman–Crippen LogP) is 2.21. The van der Waals surface area contributed by atoms with Crippen LogP contribution in [0.2, 0.25) is 0 Å². The molecule has 3 nitrogen and oxygen atoms in total. The monoisotopic (exact) mass is 356 g/mol. The number of carbonyl (C=O) groups excluding carboxylic acids is 1. The highest BCUT2D eigenvalue weighted by Gasteiger charge is 2.32. The molecule has 0 atom stereocenters. The smallest absolute Gasteiger partial charge is 0.253 e. The maximum atomic E-state index is 12.3. The van der Waals surface area contributed by atoms with Crippen molar-refractivity contribution in [3.63, 3.8) is 0 Å². The second kappa shape index (κ2) is 5.17. The number of rotatable bonds is 2. The van der Waals surface area contributed by atoms with E-state index in [0.29, 0.717) is 0 Å². The summed E-state index contributed by atoms with van der Waals surface area (Å²) in [5, 5.41) is 0. The minimum absolute atomic E-state index is 0.182. The Morgan fingerprint density at radius 3 is 2.22 bits per heavy atom. The van der Waals surface area contributed by atoms with Crippen LogP contribution in [0, 0.1) is 3.57 Å². The molecule has 0 bridgehead atoms. The van der Waals surface area contributed by atoms with Crippen molar-refractivity contribution in [3.05, 3.63) is 33.4 Å². The predicted molar refractivity (Wildman–Crippen MR) is 79.7 cm³/mol. The zero-order chi connectivity index (χ0) is 12.5. The molecule has 1 aromatic carbocycles. The Bertz CT molecular complexity index is 434. The van der Waals surface area contributed by atoms with Crippen LogP contribution in [0.1, 0.15) is 23.2 Å². The van der Waals surface area contributed by atoms with E-state index in [1.807, 2.05) is 29.2 Å². The van der Waals surface area contributed by atoms with Crippen molar-refractivity contribution < 1.29 is 4.79 Å². The molecule has 0 radical (unpaired) electrons. The molecule has 96 valence electrons. The lowest BCUT2D eigenvalue weighted by molar-refractivity contribution is 0.0627. The van der Waals surface area contributed by atoms with Crippen LogP contribution in [0.3, 0.4) is 0 Å². The fourth-order valence-electron chi connectivity index (χ4n) is 2.50. The van der Waals surface area contributed by atoms with E-state index in [2.05, 4.69) is 27.5 Å². The van der Waals surface area contributed by atoms with Gasteiger partial charge >= 0.3 is 0 Å². The van der Waals surface area contributed by atoms with Crippen LogP contribution < -0.4 is 0 Å². The van der Waals surface area contributed by atoms with Gasteiger partial charge in [0.2, 0.25) is 0 Å².